The summed E-state index contributed by atoms with van der Waals surface area (Å²) in [7, 11) is 0. The maximum Gasteiger partial charge on any atom is 0.273 e. The Labute approximate surface area is 193 Å². The highest BCUT2D eigenvalue weighted by Gasteiger charge is 2.15. The summed E-state index contributed by atoms with van der Waals surface area (Å²) in [6.07, 6.45) is 1.48. The Balaban J connectivity index is 1.71. The van der Waals surface area contributed by atoms with Crippen molar-refractivity contribution < 1.29 is 9.72 Å². The number of hydrazone groups is 1. The molecule has 0 saturated carbocycles. The first-order valence-electron chi connectivity index (χ1n) is 10.9. The van der Waals surface area contributed by atoms with Crippen molar-refractivity contribution in [2.75, 3.05) is 18.0 Å². The van der Waals surface area contributed by atoms with Gasteiger partial charge >= 0.3 is 0 Å². The molecule has 0 radical (unpaired) electrons. The van der Waals surface area contributed by atoms with Gasteiger partial charge in [-0.05, 0) is 58.0 Å². The Morgan fingerprint density at radius 2 is 1.79 bits per heavy atom. The molecule has 0 unspecified atom stereocenters. The van der Waals surface area contributed by atoms with Crippen LogP contribution in [0.4, 0.5) is 11.4 Å². The van der Waals surface area contributed by atoms with Crippen molar-refractivity contribution in [3.63, 3.8) is 0 Å². The normalized spacial score (nSPS) is 11.0. The number of anilines is 1. The summed E-state index contributed by atoms with van der Waals surface area (Å²) in [5, 5.41) is 15.2. The first kappa shape index (κ1) is 23.7. The lowest BCUT2D eigenvalue weighted by Crippen LogP contribution is -2.21. The Kier molecular flexibility index (Phi) is 7.61. The van der Waals surface area contributed by atoms with Crippen molar-refractivity contribution in [3.05, 3.63) is 87.2 Å². The van der Waals surface area contributed by atoms with Crippen LogP contribution in [0.5, 0.6) is 0 Å². The van der Waals surface area contributed by atoms with Gasteiger partial charge in [0.1, 0.15) is 0 Å². The number of aryl methyl sites for hydroxylation is 1. The number of nitro groups is 1. The number of aromatic nitrogens is 1. The SMILES string of the molecule is CCN(CC)c1ccc(-n2c(C)cc(/C=N/NC(=O)Cc3ccccc3[N+](=O)[O-])c2C)cc1. The van der Waals surface area contributed by atoms with Gasteiger partial charge in [-0.1, -0.05) is 18.2 Å². The van der Waals surface area contributed by atoms with Crippen molar-refractivity contribution >= 4 is 23.5 Å². The lowest BCUT2D eigenvalue weighted by Gasteiger charge is -2.21. The minimum atomic E-state index is -0.491. The molecule has 0 aliphatic heterocycles. The number of carbonyl (C=O) groups excluding carboxylic acids is 1. The Bertz CT molecular complexity index is 1160. The van der Waals surface area contributed by atoms with Crippen molar-refractivity contribution in [1.29, 1.82) is 0 Å². The van der Waals surface area contributed by atoms with Crippen LogP contribution in [-0.2, 0) is 11.2 Å². The van der Waals surface area contributed by atoms with E-state index in [1.165, 1.54) is 11.8 Å². The topological polar surface area (TPSA) is 92.8 Å². The highest BCUT2D eigenvalue weighted by atomic mass is 16.6. The predicted molar refractivity (Wildman–Crippen MR) is 131 cm³/mol. The number of nitro benzene ring substituents is 1. The monoisotopic (exact) mass is 447 g/mol. The summed E-state index contributed by atoms with van der Waals surface area (Å²) in [4.78, 5) is 25.2. The minimum Gasteiger partial charge on any atom is -0.372 e. The van der Waals surface area contributed by atoms with Gasteiger partial charge in [-0.3, -0.25) is 14.9 Å². The second kappa shape index (κ2) is 10.6. The van der Waals surface area contributed by atoms with E-state index in [0.717, 1.165) is 35.7 Å². The van der Waals surface area contributed by atoms with Gasteiger partial charge in [-0.15, -0.1) is 0 Å². The molecule has 1 aromatic heterocycles. The van der Waals surface area contributed by atoms with Gasteiger partial charge in [-0.2, -0.15) is 5.10 Å². The number of nitrogens with one attached hydrogen (secondary N) is 1. The Morgan fingerprint density at radius 3 is 2.42 bits per heavy atom. The molecule has 0 atom stereocenters. The first-order chi connectivity index (χ1) is 15.8. The average Bonchev–Trinajstić information content (AvgIpc) is 3.08. The fourth-order valence-corrected chi connectivity index (χ4v) is 3.94. The summed E-state index contributed by atoms with van der Waals surface area (Å²) >= 11 is 0. The smallest absolute Gasteiger partial charge is 0.273 e. The number of para-hydroxylation sites is 1. The fraction of sp³-hybridized carbons (Fsp3) is 0.280. The summed E-state index contributed by atoms with van der Waals surface area (Å²) < 4.78 is 2.14. The van der Waals surface area contributed by atoms with E-state index in [0.29, 0.717) is 5.56 Å². The zero-order valence-corrected chi connectivity index (χ0v) is 19.4. The lowest BCUT2D eigenvalue weighted by atomic mass is 10.1. The average molecular weight is 448 g/mol. The second-order valence-electron chi connectivity index (χ2n) is 7.71. The molecular formula is C25H29N5O3. The van der Waals surface area contributed by atoms with Crippen LogP contribution in [0.2, 0.25) is 0 Å². The van der Waals surface area contributed by atoms with E-state index in [4.69, 9.17) is 0 Å². The quantitative estimate of drug-likeness (QED) is 0.296. The molecular weight excluding hydrogens is 418 g/mol. The molecule has 3 aromatic rings. The number of amides is 1. The molecule has 2 aromatic carbocycles. The van der Waals surface area contributed by atoms with Crippen LogP contribution in [0.1, 0.15) is 36.4 Å². The van der Waals surface area contributed by atoms with Crippen LogP contribution in [0, 0.1) is 24.0 Å². The summed E-state index contributed by atoms with van der Waals surface area (Å²) in [5.74, 6) is -0.415. The van der Waals surface area contributed by atoms with Crippen LogP contribution in [-0.4, -0.2) is 34.7 Å². The van der Waals surface area contributed by atoms with Gasteiger partial charge in [-0.25, -0.2) is 5.43 Å². The van der Waals surface area contributed by atoms with E-state index in [9.17, 15) is 14.9 Å². The molecule has 0 fully saturated rings. The van der Waals surface area contributed by atoms with Crippen LogP contribution in [0.3, 0.4) is 0 Å². The van der Waals surface area contributed by atoms with Crippen molar-refractivity contribution in [2.45, 2.75) is 34.1 Å². The summed E-state index contributed by atoms with van der Waals surface area (Å²) in [5.41, 5.74) is 7.92. The number of carbonyl (C=O) groups is 1. The molecule has 0 bridgehead atoms. The Hall–Kier alpha value is -3.94. The zero-order valence-electron chi connectivity index (χ0n) is 19.4. The molecule has 172 valence electrons. The molecule has 8 nitrogen and oxygen atoms in total. The number of rotatable bonds is 9. The minimum absolute atomic E-state index is 0.0767. The number of benzene rings is 2. The Morgan fingerprint density at radius 1 is 1.12 bits per heavy atom. The molecule has 0 saturated heterocycles. The lowest BCUT2D eigenvalue weighted by molar-refractivity contribution is -0.385. The van der Waals surface area contributed by atoms with E-state index in [1.807, 2.05) is 19.9 Å². The van der Waals surface area contributed by atoms with Crippen molar-refractivity contribution in [2.24, 2.45) is 5.10 Å². The van der Waals surface area contributed by atoms with Crippen LogP contribution < -0.4 is 10.3 Å². The molecule has 1 heterocycles. The number of hydrogen-bond donors (Lipinski definition) is 1. The largest absolute Gasteiger partial charge is 0.372 e. The van der Waals surface area contributed by atoms with Crippen LogP contribution in [0.25, 0.3) is 5.69 Å². The standard InChI is InChI=1S/C25H29N5O3/c1-5-28(6-2)22-11-13-23(14-12-22)29-18(3)15-21(19(29)4)17-26-27-25(31)16-20-9-7-8-10-24(20)30(32)33/h7-15,17H,5-6,16H2,1-4H3,(H,27,31)/b26-17+. The molecule has 33 heavy (non-hydrogen) atoms. The third-order valence-electron chi connectivity index (χ3n) is 5.64. The van der Waals surface area contributed by atoms with Crippen LogP contribution in [0.15, 0.2) is 59.7 Å². The van der Waals surface area contributed by atoms with Gasteiger partial charge in [0, 0.05) is 53.0 Å². The highest BCUT2D eigenvalue weighted by molar-refractivity contribution is 5.85. The van der Waals surface area contributed by atoms with Gasteiger partial charge in [0.25, 0.3) is 5.69 Å². The van der Waals surface area contributed by atoms with E-state index in [1.54, 1.807) is 24.4 Å². The molecule has 1 amide bonds. The van der Waals surface area contributed by atoms with Crippen LogP contribution >= 0.6 is 0 Å². The molecule has 1 N–H and O–H groups in total. The zero-order chi connectivity index (χ0) is 24.0. The maximum atomic E-state index is 12.2. The van der Waals surface area contributed by atoms with Crippen molar-refractivity contribution in [1.82, 2.24) is 9.99 Å². The molecule has 0 aliphatic rings. The van der Waals surface area contributed by atoms with E-state index >= 15 is 0 Å². The summed E-state index contributed by atoms with van der Waals surface area (Å²) in [6.45, 7) is 10.2. The van der Waals surface area contributed by atoms with E-state index in [-0.39, 0.29) is 12.1 Å². The van der Waals surface area contributed by atoms with Gasteiger partial charge in [0.15, 0.2) is 0 Å². The number of hydrogen-bond acceptors (Lipinski definition) is 5. The third-order valence-corrected chi connectivity index (χ3v) is 5.64. The van der Waals surface area contributed by atoms with Gasteiger partial charge in [0.05, 0.1) is 17.6 Å². The highest BCUT2D eigenvalue weighted by Crippen LogP contribution is 2.23. The molecule has 0 spiro atoms. The van der Waals surface area contributed by atoms with Crippen molar-refractivity contribution in [3.8, 4) is 5.69 Å². The summed E-state index contributed by atoms with van der Waals surface area (Å²) in [6, 6.07) is 16.6. The van der Waals surface area contributed by atoms with Gasteiger partial charge < -0.3 is 9.47 Å². The molecule has 8 heteroatoms. The first-order valence-corrected chi connectivity index (χ1v) is 10.9. The molecule has 3 rings (SSSR count). The van der Waals surface area contributed by atoms with Gasteiger partial charge in [0.2, 0.25) is 5.91 Å². The number of nitrogens with zero attached hydrogens (tertiary/aromatic N) is 4. The fourth-order valence-electron chi connectivity index (χ4n) is 3.94. The van der Waals surface area contributed by atoms with E-state index < -0.39 is 10.8 Å². The predicted octanol–water partition coefficient (Wildman–Crippen LogP) is 4.54. The van der Waals surface area contributed by atoms with E-state index in [2.05, 4.69) is 58.1 Å². The third kappa shape index (κ3) is 5.46. The second-order valence-corrected chi connectivity index (χ2v) is 7.71. The molecule has 0 aliphatic carbocycles. The maximum absolute atomic E-state index is 12.2.